The van der Waals surface area contributed by atoms with Gasteiger partial charge in [-0.25, -0.2) is 9.07 Å². The average molecular weight is 395 g/mol. The molecule has 2 aliphatic rings. The van der Waals surface area contributed by atoms with E-state index < -0.39 is 6.04 Å². The van der Waals surface area contributed by atoms with Crippen LogP contribution in [0.4, 0.5) is 10.3 Å². The highest BCUT2D eigenvalue weighted by molar-refractivity contribution is 6.31. The number of hydrogen-bond donors (Lipinski definition) is 1. The largest absolute Gasteiger partial charge is 0.328 e. The molecule has 0 unspecified atom stereocenters. The quantitative estimate of drug-likeness (QED) is 0.695. The minimum atomic E-state index is -0.413. The molecule has 140 valence electrons. The fraction of sp³-hybridized carbons (Fsp3) is 0.190. The zero-order valence-corrected chi connectivity index (χ0v) is 15.5. The van der Waals surface area contributed by atoms with Gasteiger partial charge in [-0.1, -0.05) is 41.9 Å². The predicted octanol–water partition coefficient (Wildman–Crippen LogP) is 4.49. The van der Waals surface area contributed by atoms with Crippen molar-refractivity contribution in [3.63, 3.8) is 0 Å². The summed E-state index contributed by atoms with van der Waals surface area (Å²) in [6, 6.07) is 13.4. The zero-order valence-electron chi connectivity index (χ0n) is 14.8. The maximum atomic E-state index is 13.3. The molecular formula is C21H16ClFN4O. The van der Waals surface area contributed by atoms with Crippen molar-refractivity contribution in [2.24, 2.45) is 0 Å². The van der Waals surface area contributed by atoms with Crippen LogP contribution in [0.5, 0.6) is 0 Å². The molecule has 1 N–H and O–H groups in total. The molecule has 2 atom stereocenters. The van der Waals surface area contributed by atoms with Crippen LogP contribution < -0.4 is 5.32 Å². The highest BCUT2D eigenvalue weighted by Gasteiger charge is 2.39. The molecule has 0 fully saturated rings. The Morgan fingerprint density at radius 3 is 2.68 bits per heavy atom. The highest BCUT2D eigenvalue weighted by Crippen LogP contribution is 2.44. The predicted molar refractivity (Wildman–Crippen MR) is 104 cm³/mol. The van der Waals surface area contributed by atoms with Crippen LogP contribution in [0.25, 0.3) is 0 Å². The van der Waals surface area contributed by atoms with E-state index in [1.54, 1.807) is 16.8 Å². The summed E-state index contributed by atoms with van der Waals surface area (Å²) in [5.41, 5.74) is 3.27. The van der Waals surface area contributed by atoms with Gasteiger partial charge in [0.1, 0.15) is 18.2 Å². The Bertz CT molecular complexity index is 1110. The number of ketones is 1. The first-order valence-electron chi connectivity index (χ1n) is 9.04. The summed E-state index contributed by atoms with van der Waals surface area (Å²) >= 11 is 6.46. The highest BCUT2D eigenvalue weighted by atomic mass is 35.5. The van der Waals surface area contributed by atoms with E-state index in [1.165, 1.54) is 18.5 Å². The first-order valence-corrected chi connectivity index (χ1v) is 9.42. The summed E-state index contributed by atoms with van der Waals surface area (Å²) in [5.74, 6) is 0.319. The first kappa shape index (κ1) is 17.1. The van der Waals surface area contributed by atoms with Crippen molar-refractivity contribution in [3.05, 3.63) is 88.1 Å². The molecular weight excluding hydrogens is 379 g/mol. The van der Waals surface area contributed by atoms with Crippen molar-refractivity contribution in [1.29, 1.82) is 0 Å². The van der Waals surface area contributed by atoms with Gasteiger partial charge < -0.3 is 5.32 Å². The lowest BCUT2D eigenvalue weighted by molar-refractivity contribution is -0.116. The van der Waals surface area contributed by atoms with Gasteiger partial charge in [0, 0.05) is 28.3 Å². The maximum absolute atomic E-state index is 13.3. The Labute approximate surface area is 165 Å². The zero-order chi connectivity index (χ0) is 19.3. The van der Waals surface area contributed by atoms with Crippen molar-refractivity contribution in [2.75, 3.05) is 5.32 Å². The molecule has 1 aliphatic carbocycles. The number of hydrogen-bond acceptors (Lipinski definition) is 4. The third kappa shape index (κ3) is 2.72. The Morgan fingerprint density at radius 1 is 1.11 bits per heavy atom. The van der Waals surface area contributed by atoms with Crippen LogP contribution in [0.2, 0.25) is 5.02 Å². The van der Waals surface area contributed by atoms with Crippen LogP contribution in [-0.4, -0.2) is 20.5 Å². The smallest absolute Gasteiger partial charge is 0.226 e. The molecule has 0 bridgehead atoms. The van der Waals surface area contributed by atoms with Gasteiger partial charge in [0.25, 0.3) is 0 Å². The molecule has 0 spiro atoms. The molecule has 1 aliphatic heterocycles. The number of rotatable bonds is 2. The molecule has 3 aromatic rings. The lowest BCUT2D eigenvalue weighted by Gasteiger charge is -2.35. The molecule has 0 saturated carbocycles. The van der Waals surface area contributed by atoms with Crippen molar-refractivity contribution in [2.45, 2.75) is 24.8 Å². The van der Waals surface area contributed by atoms with Gasteiger partial charge in [0.2, 0.25) is 5.95 Å². The number of Topliss-reactive ketones (excluding diaryl/α,β-unsaturated/α-hetero) is 1. The molecule has 5 rings (SSSR count). The molecule has 28 heavy (non-hydrogen) atoms. The van der Waals surface area contributed by atoms with E-state index in [0.717, 1.165) is 16.8 Å². The second kappa shape index (κ2) is 6.56. The van der Waals surface area contributed by atoms with Crippen LogP contribution >= 0.6 is 11.6 Å². The number of carbonyl (C=O) groups is 1. The number of allylic oxidation sites excluding steroid dienone is 2. The third-order valence-corrected chi connectivity index (χ3v) is 5.75. The molecule has 0 radical (unpaired) electrons. The molecule has 0 amide bonds. The van der Waals surface area contributed by atoms with Gasteiger partial charge in [-0.3, -0.25) is 4.79 Å². The fourth-order valence-corrected chi connectivity index (χ4v) is 4.35. The second-order valence-corrected chi connectivity index (χ2v) is 7.46. The summed E-state index contributed by atoms with van der Waals surface area (Å²) in [4.78, 5) is 17.5. The van der Waals surface area contributed by atoms with Gasteiger partial charge in [0.05, 0.1) is 0 Å². The number of nitrogens with zero attached hydrogens (tertiary/aromatic N) is 3. The fourth-order valence-electron chi connectivity index (χ4n) is 4.11. The third-order valence-electron chi connectivity index (χ3n) is 5.40. The van der Waals surface area contributed by atoms with Gasteiger partial charge in [-0.15, -0.1) is 0 Å². The number of anilines is 1. The minimum Gasteiger partial charge on any atom is -0.328 e. The Hall–Kier alpha value is -2.99. The monoisotopic (exact) mass is 394 g/mol. The topological polar surface area (TPSA) is 59.8 Å². The van der Waals surface area contributed by atoms with Crippen molar-refractivity contribution in [3.8, 4) is 0 Å². The van der Waals surface area contributed by atoms with Crippen LogP contribution in [0, 0.1) is 5.82 Å². The minimum absolute atomic E-state index is 0.0132. The van der Waals surface area contributed by atoms with Gasteiger partial charge in [-0.2, -0.15) is 10.1 Å². The Balaban J connectivity index is 1.61. The SMILES string of the molecule is O=C1C[C@H](c2ccc(F)cc2)CC2=C1[C@H](c1ccccc1Cl)n1ncnc1N2. The van der Waals surface area contributed by atoms with Gasteiger partial charge >= 0.3 is 0 Å². The van der Waals surface area contributed by atoms with Crippen LogP contribution in [0.3, 0.4) is 0 Å². The van der Waals surface area contributed by atoms with E-state index in [-0.39, 0.29) is 17.5 Å². The number of halogens is 2. The van der Waals surface area contributed by atoms with Crippen LogP contribution in [-0.2, 0) is 4.79 Å². The molecule has 5 nitrogen and oxygen atoms in total. The van der Waals surface area contributed by atoms with Gasteiger partial charge in [-0.05, 0) is 36.1 Å². The second-order valence-electron chi connectivity index (χ2n) is 7.05. The van der Waals surface area contributed by atoms with E-state index in [4.69, 9.17) is 11.6 Å². The summed E-state index contributed by atoms with van der Waals surface area (Å²) in [6.45, 7) is 0. The summed E-state index contributed by atoms with van der Waals surface area (Å²) in [7, 11) is 0. The lowest BCUT2D eigenvalue weighted by Crippen LogP contribution is -2.33. The Morgan fingerprint density at radius 2 is 1.89 bits per heavy atom. The van der Waals surface area contributed by atoms with E-state index in [2.05, 4.69) is 15.4 Å². The molecule has 0 saturated heterocycles. The Kier molecular flexibility index (Phi) is 4.02. The standard InChI is InChI=1S/C21H16ClFN4O/c22-16-4-2-1-3-15(16)20-19-17(26-21-24-11-25-27(20)21)9-13(10-18(19)28)12-5-7-14(23)8-6-12/h1-8,11,13,20H,9-10H2,(H,24,25,26)/t13-,20+/m1/s1. The average Bonchev–Trinajstić information content (AvgIpc) is 3.15. The maximum Gasteiger partial charge on any atom is 0.226 e. The molecule has 1 aromatic heterocycles. The molecule has 7 heteroatoms. The number of benzene rings is 2. The van der Waals surface area contributed by atoms with Crippen LogP contribution in [0.15, 0.2) is 66.1 Å². The van der Waals surface area contributed by atoms with Crippen LogP contribution in [0.1, 0.15) is 35.9 Å². The molecule has 2 heterocycles. The van der Waals surface area contributed by atoms with E-state index in [0.29, 0.717) is 29.4 Å². The number of aromatic nitrogens is 3. The summed E-state index contributed by atoms with van der Waals surface area (Å²) in [5, 5.41) is 8.17. The normalized spacial score (nSPS) is 21.1. The van der Waals surface area contributed by atoms with Gasteiger partial charge in [0.15, 0.2) is 5.78 Å². The van der Waals surface area contributed by atoms with Crippen molar-refractivity contribution in [1.82, 2.24) is 14.8 Å². The van der Waals surface area contributed by atoms with Crippen molar-refractivity contribution >= 4 is 23.3 Å². The summed E-state index contributed by atoms with van der Waals surface area (Å²) < 4.78 is 15.0. The van der Waals surface area contributed by atoms with E-state index in [1.807, 2.05) is 24.3 Å². The van der Waals surface area contributed by atoms with E-state index in [9.17, 15) is 9.18 Å². The summed E-state index contributed by atoms with van der Waals surface area (Å²) in [6.07, 6.45) is 2.46. The number of nitrogens with one attached hydrogen (secondary N) is 1. The lowest BCUT2D eigenvalue weighted by atomic mass is 9.78. The number of carbonyl (C=O) groups excluding carboxylic acids is 1. The first-order chi connectivity index (χ1) is 13.6. The van der Waals surface area contributed by atoms with Crippen molar-refractivity contribution < 1.29 is 9.18 Å². The number of fused-ring (bicyclic) bond motifs is 1. The molecule has 2 aromatic carbocycles. The van der Waals surface area contributed by atoms with E-state index >= 15 is 0 Å².